The van der Waals surface area contributed by atoms with Crippen LogP contribution < -0.4 is 0 Å². The first-order chi connectivity index (χ1) is 7.74. The maximum absolute atomic E-state index is 4.50. The van der Waals surface area contributed by atoms with Crippen LogP contribution in [0.5, 0.6) is 0 Å². The molecular formula is C14H20S2. The Hall–Kier alpha value is -0.0800. The quantitative estimate of drug-likeness (QED) is 0.761. The van der Waals surface area contributed by atoms with E-state index < -0.39 is 0 Å². The van der Waals surface area contributed by atoms with Crippen molar-refractivity contribution in [2.75, 3.05) is 11.5 Å². The molecule has 1 fully saturated rings. The number of rotatable bonds is 5. The molecule has 0 radical (unpaired) electrons. The highest BCUT2D eigenvalue weighted by molar-refractivity contribution is 7.98. The normalized spacial score (nSPS) is 18.1. The molecule has 0 aromatic heterocycles. The molecule has 2 heteroatoms. The van der Waals surface area contributed by atoms with Crippen LogP contribution in [0.1, 0.15) is 30.4 Å². The highest BCUT2D eigenvalue weighted by Crippen LogP contribution is 2.44. The molecule has 0 unspecified atom stereocenters. The van der Waals surface area contributed by atoms with E-state index in [1.165, 1.54) is 36.1 Å². The van der Waals surface area contributed by atoms with Gasteiger partial charge in [-0.1, -0.05) is 36.2 Å². The van der Waals surface area contributed by atoms with Crippen LogP contribution in [0.2, 0.25) is 0 Å². The van der Waals surface area contributed by atoms with Crippen molar-refractivity contribution in [1.29, 1.82) is 0 Å². The fourth-order valence-electron chi connectivity index (χ4n) is 2.21. The van der Waals surface area contributed by atoms with E-state index in [1.54, 1.807) is 0 Å². The van der Waals surface area contributed by atoms with Gasteiger partial charge < -0.3 is 0 Å². The molecule has 0 atom stereocenters. The molecule has 1 aromatic rings. The number of thiol groups is 1. The maximum Gasteiger partial charge on any atom is 0.0184 e. The zero-order valence-electron chi connectivity index (χ0n) is 9.91. The van der Waals surface area contributed by atoms with E-state index in [2.05, 4.69) is 55.6 Å². The third-order valence-electron chi connectivity index (χ3n) is 3.51. The molecule has 88 valence electrons. The maximum atomic E-state index is 4.50. The summed E-state index contributed by atoms with van der Waals surface area (Å²) >= 11 is 6.57. The third kappa shape index (κ3) is 2.98. The first-order valence-electron chi connectivity index (χ1n) is 5.98. The Morgan fingerprint density at radius 1 is 1.38 bits per heavy atom. The van der Waals surface area contributed by atoms with Crippen molar-refractivity contribution >= 4 is 24.4 Å². The Balaban J connectivity index is 1.79. The summed E-state index contributed by atoms with van der Waals surface area (Å²) in [6.07, 6.45) is 4.18. The van der Waals surface area contributed by atoms with Gasteiger partial charge in [0, 0.05) is 11.5 Å². The molecule has 0 heterocycles. The minimum atomic E-state index is 0.567. The van der Waals surface area contributed by atoms with E-state index in [0.717, 1.165) is 11.5 Å². The van der Waals surface area contributed by atoms with Crippen molar-refractivity contribution in [1.82, 2.24) is 0 Å². The molecular weight excluding hydrogens is 232 g/mol. The van der Waals surface area contributed by atoms with Crippen LogP contribution >= 0.6 is 24.4 Å². The smallest absolute Gasteiger partial charge is 0.0184 e. The Kier molecular flexibility index (Phi) is 4.26. The Bertz CT molecular complexity index is 337. The molecule has 0 nitrogen and oxygen atoms in total. The van der Waals surface area contributed by atoms with Gasteiger partial charge in [0.15, 0.2) is 0 Å². The predicted molar refractivity (Wildman–Crippen MR) is 77.5 cm³/mol. The van der Waals surface area contributed by atoms with Gasteiger partial charge in [-0.15, -0.1) is 0 Å². The average molecular weight is 252 g/mol. The lowest BCUT2D eigenvalue weighted by Crippen LogP contribution is -2.33. The summed E-state index contributed by atoms with van der Waals surface area (Å²) in [6.45, 7) is 2.16. The second kappa shape index (κ2) is 5.50. The molecule has 0 aliphatic heterocycles. The summed E-state index contributed by atoms with van der Waals surface area (Å²) in [7, 11) is 0. The largest absolute Gasteiger partial charge is 0.179 e. The van der Waals surface area contributed by atoms with Crippen molar-refractivity contribution in [3.63, 3.8) is 0 Å². The Morgan fingerprint density at radius 2 is 2.19 bits per heavy atom. The standard InChI is InChI=1S/C14H20S2/c1-12-4-2-5-13(8-12)9-16-11-14(10-15)6-3-7-14/h2,4-5,8,15H,3,6-7,9-11H2,1H3. The average Bonchev–Trinajstić information content (AvgIpc) is 2.22. The summed E-state index contributed by atoms with van der Waals surface area (Å²) in [5.74, 6) is 3.50. The van der Waals surface area contributed by atoms with Gasteiger partial charge in [-0.25, -0.2) is 0 Å². The minimum absolute atomic E-state index is 0.567. The number of hydrogen-bond acceptors (Lipinski definition) is 2. The van der Waals surface area contributed by atoms with Crippen LogP contribution in [0, 0.1) is 12.3 Å². The van der Waals surface area contributed by atoms with Gasteiger partial charge in [0.05, 0.1) is 0 Å². The first-order valence-corrected chi connectivity index (χ1v) is 7.77. The SMILES string of the molecule is Cc1cccc(CSCC2(CS)CCC2)c1. The van der Waals surface area contributed by atoms with Gasteiger partial charge in [-0.3, -0.25) is 0 Å². The molecule has 0 spiro atoms. The van der Waals surface area contributed by atoms with Gasteiger partial charge in [-0.05, 0) is 36.5 Å². The molecule has 1 aliphatic rings. The monoisotopic (exact) mass is 252 g/mol. The minimum Gasteiger partial charge on any atom is -0.179 e. The van der Waals surface area contributed by atoms with E-state index in [1.807, 2.05) is 0 Å². The molecule has 0 N–H and O–H groups in total. The lowest BCUT2D eigenvalue weighted by Gasteiger charge is -2.40. The van der Waals surface area contributed by atoms with Gasteiger partial charge in [-0.2, -0.15) is 24.4 Å². The molecule has 1 aliphatic carbocycles. The lowest BCUT2D eigenvalue weighted by molar-refractivity contribution is 0.205. The van der Waals surface area contributed by atoms with Gasteiger partial charge in [0.2, 0.25) is 0 Å². The first kappa shape index (κ1) is 12.4. The summed E-state index contributed by atoms with van der Waals surface area (Å²) < 4.78 is 0. The fraction of sp³-hybridized carbons (Fsp3) is 0.571. The zero-order valence-corrected chi connectivity index (χ0v) is 11.6. The van der Waals surface area contributed by atoms with Crippen LogP contribution in [0.15, 0.2) is 24.3 Å². The fourth-order valence-corrected chi connectivity index (χ4v) is 4.13. The van der Waals surface area contributed by atoms with Crippen LogP contribution in [0.3, 0.4) is 0 Å². The van der Waals surface area contributed by atoms with Crippen molar-refractivity contribution in [3.8, 4) is 0 Å². The van der Waals surface area contributed by atoms with Crippen molar-refractivity contribution in [2.45, 2.75) is 31.9 Å². The summed E-state index contributed by atoms with van der Waals surface area (Å²) in [6, 6.07) is 8.84. The number of hydrogen-bond donors (Lipinski definition) is 1. The third-order valence-corrected chi connectivity index (χ3v) is 5.53. The van der Waals surface area contributed by atoms with Gasteiger partial charge in [0.25, 0.3) is 0 Å². The van der Waals surface area contributed by atoms with E-state index in [9.17, 15) is 0 Å². The molecule has 0 bridgehead atoms. The Morgan fingerprint density at radius 3 is 2.75 bits per heavy atom. The lowest BCUT2D eigenvalue weighted by atomic mass is 9.72. The highest BCUT2D eigenvalue weighted by atomic mass is 32.2. The molecule has 1 aromatic carbocycles. The Labute approximate surface area is 109 Å². The van der Waals surface area contributed by atoms with Gasteiger partial charge in [0.1, 0.15) is 0 Å². The van der Waals surface area contributed by atoms with Gasteiger partial charge >= 0.3 is 0 Å². The summed E-state index contributed by atoms with van der Waals surface area (Å²) in [4.78, 5) is 0. The van der Waals surface area contributed by atoms with Crippen LogP contribution in [0.4, 0.5) is 0 Å². The second-order valence-corrected chi connectivity index (χ2v) is 6.30. The predicted octanol–water partition coefficient (Wildman–Crippen LogP) is 4.33. The van der Waals surface area contributed by atoms with Crippen molar-refractivity contribution in [2.24, 2.45) is 5.41 Å². The number of aryl methyl sites for hydroxylation is 1. The topological polar surface area (TPSA) is 0 Å². The van der Waals surface area contributed by atoms with Crippen LogP contribution in [-0.4, -0.2) is 11.5 Å². The molecule has 2 rings (SSSR count). The number of benzene rings is 1. The molecule has 1 saturated carbocycles. The summed E-state index contributed by atoms with van der Waals surface area (Å²) in [5.41, 5.74) is 3.39. The second-order valence-electron chi connectivity index (χ2n) is 4.99. The number of thioether (sulfide) groups is 1. The van der Waals surface area contributed by atoms with E-state index in [-0.39, 0.29) is 0 Å². The van der Waals surface area contributed by atoms with Crippen LogP contribution in [0.25, 0.3) is 0 Å². The zero-order chi connectivity index (χ0) is 11.4. The molecule has 16 heavy (non-hydrogen) atoms. The van der Waals surface area contributed by atoms with E-state index >= 15 is 0 Å². The highest BCUT2D eigenvalue weighted by Gasteiger charge is 2.35. The van der Waals surface area contributed by atoms with Crippen molar-refractivity contribution < 1.29 is 0 Å². The van der Waals surface area contributed by atoms with Crippen LogP contribution in [-0.2, 0) is 5.75 Å². The molecule has 0 saturated heterocycles. The summed E-state index contributed by atoms with van der Waals surface area (Å²) in [5, 5.41) is 0. The van der Waals surface area contributed by atoms with E-state index in [4.69, 9.17) is 0 Å². The van der Waals surface area contributed by atoms with E-state index in [0.29, 0.717) is 5.41 Å². The van der Waals surface area contributed by atoms with Crippen molar-refractivity contribution in [3.05, 3.63) is 35.4 Å². The molecule has 0 amide bonds.